The van der Waals surface area contributed by atoms with Crippen LogP contribution in [-0.4, -0.2) is 17.8 Å². The highest BCUT2D eigenvalue weighted by atomic mass is 35.5. The van der Waals surface area contributed by atoms with E-state index in [1.165, 1.54) is 24.3 Å². The molecule has 1 aliphatic rings. The number of aromatic carboxylic acids is 1. The molecule has 6 heteroatoms. The summed E-state index contributed by atoms with van der Waals surface area (Å²) in [5.74, 6) is -2.48. The maximum atomic E-state index is 12.3. The summed E-state index contributed by atoms with van der Waals surface area (Å²) >= 11 is 5.99. The number of hydrogen-bond donors (Lipinski definition) is 0. The predicted octanol–water partition coefficient (Wildman–Crippen LogP) is 1.50. The zero-order chi connectivity index (χ0) is 15.1. The van der Waals surface area contributed by atoms with Gasteiger partial charge in [0.05, 0.1) is 27.8 Å². The lowest BCUT2D eigenvalue weighted by atomic mass is 10.1. The second kappa shape index (κ2) is 4.71. The maximum Gasteiger partial charge on any atom is 0.266 e. The standard InChI is InChI=1S/C15H8ClNO4/c16-11-6-5-8(15(20)21)7-12(11)17-13(18)9-3-1-2-4-10(9)14(17)19/h1-7H,(H,20,21)/p-1. The van der Waals surface area contributed by atoms with Crippen LogP contribution >= 0.6 is 11.6 Å². The summed E-state index contributed by atoms with van der Waals surface area (Å²) in [7, 11) is 0. The Morgan fingerprint density at radius 3 is 2.10 bits per heavy atom. The molecule has 0 aliphatic carbocycles. The van der Waals surface area contributed by atoms with Gasteiger partial charge in [-0.15, -0.1) is 0 Å². The monoisotopic (exact) mass is 300 g/mol. The van der Waals surface area contributed by atoms with Gasteiger partial charge < -0.3 is 9.90 Å². The smallest absolute Gasteiger partial charge is 0.266 e. The molecule has 2 aromatic rings. The second-order valence-electron chi connectivity index (χ2n) is 4.44. The molecule has 21 heavy (non-hydrogen) atoms. The van der Waals surface area contributed by atoms with E-state index in [0.29, 0.717) is 0 Å². The number of anilines is 1. The fourth-order valence-electron chi connectivity index (χ4n) is 2.22. The number of hydrogen-bond acceptors (Lipinski definition) is 4. The van der Waals surface area contributed by atoms with Crippen molar-refractivity contribution in [1.29, 1.82) is 0 Å². The average Bonchev–Trinajstić information content (AvgIpc) is 2.72. The number of rotatable bonds is 2. The van der Waals surface area contributed by atoms with Gasteiger partial charge in [0.2, 0.25) is 0 Å². The lowest BCUT2D eigenvalue weighted by Crippen LogP contribution is -2.30. The third-order valence-corrected chi connectivity index (χ3v) is 3.54. The van der Waals surface area contributed by atoms with Gasteiger partial charge in [-0.3, -0.25) is 9.59 Å². The van der Waals surface area contributed by atoms with E-state index < -0.39 is 17.8 Å². The van der Waals surface area contributed by atoms with Crippen molar-refractivity contribution in [2.24, 2.45) is 0 Å². The number of carbonyl (C=O) groups excluding carboxylic acids is 3. The van der Waals surface area contributed by atoms with Crippen LogP contribution in [-0.2, 0) is 0 Å². The molecule has 0 atom stereocenters. The maximum absolute atomic E-state index is 12.3. The van der Waals surface area contributed by atoms with Gasteiger partial charge in [-0.25, -0.2) is 4.90 Å². The van der Waals surface area contributed by atoms with Crippen molar-refractivity contribution >= 4 is 35.1 Å². The Morgan fingerprint density at radius 2 is 1.57 bits per heavy atom. The first-order valence-corrected chi connectivity index (χ1v) is 6.37. The Bertz CT molecular complexity index is 765. The molecule has 0 radical (unpaired) electrons. The van der Waals surface area contributed by atoms with Crippen LogP contribution in [0.3, 0.4) is 0 Å². The molecule has 104 valence electrons. The number of amides is 2. The van der Waals surface area contributed by atoms with E-state index in [2.05, 4.69) is 0 Å². The van der Waals surface area contributed by atoms with Crippen LogP contribution < -0.4 is 10.0 Å². The molecule has 1 heterocycles. The van der Waals surface area contributed by atoms with E-state index in [9.17, 15) is 19.5 Å². The molecule has 0 bridgehead atoms. The number of fused-ring (bicyclic) bond motifs is 1. The van der Waals surface area contributed by atoms with Crippen LogP contribution in [0.25, 0.3) is 0 Å². The Kier molecular flexibility index (Phi) is 2.99. The molecule has 0 unspecified atom stereocenters. The Hall–Kier alpha value is -2.66. The lowest BCUT2D eigenvalue weighted by molar-refractivity contribution is -0.255. The Balaban J connectivity index is 2.15. The zero-order valence-corrected chi connectivity index (χ0v) is 11.3. The molecule has 0 fully saturated rings. The molecule has 3 rings (SSSR count). The van der Waals surface area contributed by atoms with Crippen LogP contribution in [0.5, 0.6) is 0 Å². The molecular weight excluding hydrogens is 294 g/mol. The fourth-order valence-corrected chi connectivity index (χ4v) is 2.42. The number of halogens is 1. The van der Waals surface area contributed by atoms with Crippen molar-refractivity contribution in [3.8, 4) is 0 Å². The highest BCUT2D eigenvalue weighted by Crippen LogP contribution is 2.33. The number of benzene rings is 2. The first-order chi connectivity index (χ1) is 10.0. The minimum Gasteiger partial charge on any atom is -0.545 e. The number of imide groups is 1. The minimum atomic E-state index is -1.41. The van der Waals surface area contributed by atoms with E-state index >= 15 is 0 Å². The molecule has 0 saturated heterocycles. The van der Waals surface area contributed by atoms with Gasteiger partial charge in [-0.1, -0.05) is 29.8 Å². The van der Waals surface area contributed by atoms with Crippen LogP contribution in [0.2, 0.25) is 5.02 Å². The summed E-state index contributed by atoms with van der Waals surface area (Å²) in [6.07, 6.45) is 0. The largest absolute Gasteiger partial charge is 0.545 e. The number of carboxylic acid groups (broad SMARTS) is 1. The summed E-state index contributed by atoms with van der Waals surface area (Å²) < 4.78 is 0. The van der Waals surface area contributed by atoms with E-state index in [1.807, 2.05) is 0 Å². The second-order valence-corrected chi connectivity index (χ2v) is 4.85. The van der Waals surface area contributed by atoms with Crippen molar-refractivity contribution in [2.75, 3.05) is 4.90 Å². The molecule has 5 nitrogen and oxygen atoms in total. The third kappa shape index (κ3) is 1.98. The minimum absolute atomic E-state index is 0.0320. The van der Waals surface area contributed by atoms with Crippen LogP contribution in [0.4, 0.5) is 5.69 Å². The molecular formula is C15H7ClNO4-. The molecule has 0 saturated carbocycles. The molecule has 0 aromatic heterocycles. The normalized spacial score (nSPS) is 13.5. The van der Waals surface area contributed by atoms with E-state index in [1.54, 1.807) is 12.1 Å². The highest BCUT2D eigenvalue weighted by Gasteiger charge is 2.37. The van der Waals surface area contributed by atoms with Crippen molar-refractivity contribution in [2.45, 2.75) is 0 Å². The number of carboxylic acids is 1. The molecule has 0 N–H and O–H groups in total. The van der Waals surface area contributed by atoms with Crippen molar-refractivity contribution in [3.63, 3.8) is 0 Å². The highest BCUT2D eigenvalue weighted by molar-refractivity contribution is 6.39. The molecule has 2 aromatic carbocycles. The van der Waals surface area contributed by atoms with Crippen LogP contribution in [0.15, 0.2) is 42.5 Å². The van der Waals surface area contributed by atoms with Crippen LogP contribution in [0.1, 0.15) is 31.1 Å². The fraction of sp³-hybridized carbons (Fsp3) is 0. The topological polar surface area (TPSA) is 77.5 Å². The van der Waals surface area contributed by atoms with Crippen molar-refractivity contribution in [3.05, 3.63) is 64.2 Å². The molecule has 2 amide bonds. The van der Waals surface area contributed by atoms with E-state index in [-0.39, 0.29) is 27.4 Å². The molecule has 1 aliphatic heterocycles. The lowest BCUT2D eigenvalue weighted by Gasteiger charge is -2.17. The zero-order valence-electron chi connectivity index (χ0n) is 10.5. The SMILES string of the molecule is O=C([O-])c1ccc(Cl)c(N2C(=O)c3ccccc3C2=O)c1. The average molecular weight is 301 g/mol. The third-order valence-electron chi connectivity index (χ3n) is 3.22. The summed E-state index contributed by atoms with van der Waals surface area (Å²) in [6.45, 7) is 0. The Morgan fingerprint density at radius 1 is 1.00 bits per heavy atom. The predicted molar refractivity (Wildman–Crippen MR) is 73.4 cm³/mol. The Labute approximate surface area is 124 Å². The van der Waals surface area contributed by atoms with Gasteiger partial charge in [0.1, 0.15) is 0 Å². The summed E-state index contributed by atoms with van der Waals surface area (Å²) in [5, 5.41) is 11.0. The van der Waals surface area contributed by atoms with Gasteiger partial charge in [0.25, 0.3) is 11.8 Å². The number of nitrogens with zero attached hydrogens (tertiary/aromatic N) is 1. The van der Waals surface area contributed by atoms with Crippen molar-refractivity contribution < 1.29 is 19.5 Å². The summed E-state index contributed by atoms with van der Waals surface area (Å²) in [4.78, 5) is 36.4. The van der Waals surface area contributed by atoms with Gasteiger partial charge in [0.15, 0.2) is 0 Å². The van der Waals surface area contributed by atoms with E-state index in [4.69, 9.17) is 11.6 Å². The first-order valence-electron chi connectivity index (χ1n) is 5.99. The summed E-state index contributed by atoms with van der Waals surface area (Å²) in [5.41, 5.74) is 0.394. The van der Waals surface area contributed by atoms with Crippen LogP contribution in [0, 0.1) is 0 Å². The van der Waals surface area contributed by atoms with Gasteiger partial charge >= 0.3 is 0 Å². The first kappa shape index (κ1) is 13.3. The summed E-state index contributed by atoms with van der Waals surface area (Å²) in [6, 6.07) is 10.1. The van der Waals surface area contributed by atoms with Crippen molar-refractivity contribution in [1.82, 2.24) is 0 Å². The van der Waals surface area contributed by atoms with Gasteiger partial charge in [0, 0.05) is 0 Å². The van der Waals surface area contributed by atoms with E-state index in [0.717, 1.165) is 11.0 Å². The van der Waals surface area contributed by atoms with Gasteiger partial charge in [-0.2, -0.15) is 0 Å². The number of carbonyl (C=O) groups is 3. The quantitative estimate of drug-likeness (QED) is 0.788. The van der Waals surface area contributed by atoms with Gasteiger partial charge in [-0.05, 0) is 29.8 Å². The molecule has 0 spiro atoms.